The largest absolute Gasteiger partial charge is 0.378 e. The summed E-state index contributed by atoms with van der Waals surface area (Å²) in [5.74, 6) is 0. The van der Waals surface area contributed by atoms with Crippen LogP contribution in [0.15, 0.2) is 30.6 Å². The molecule has 1 N–H and O–H groups in total. The van der Waals surface area contributed by atoms with Crippen LogP contribution in [0.2, 0.25) is 0 Å². The Morgan fingerprint density at radius 1 is 1.37 bits per heavy atom. The van der Waals surface area contributed by atoms with Crippen molar-refractivity contribution < 1.29 is 4.92 Å². The molecule has 0 fully saturated rings. The standard InChI is InChI=1S/C13H16N4O2/c1-10-3-4-12(13(7-10)17(18)19)14-5-6-16-9-11(2)8-15-16/h3-4,7-9,14H,5-6H2,1-2H3. The third-order valence-electron chi connectivity index (χ3n) is 2.77. The zero-order valence-electron chi connectivity index (χ0n) is 11.0. The molecule has 0 amide bonds. The lowest BCUT2D eigenvalue weighted by atomic mass is 10.2. The molecule has 0 aliphatic carbocycles. The number of hydrogen-bond donors (Lipinski definition) is 1. The van der Waals surface area contributed by atoms with Gasteiger partial charge in [0.1, 0.15) is 5.69 Å². The molecular formula is C13H16N4O2. The Kier molecular flexibility index (Phi) is 3.79. The van der Waals surface area contributed by atoms with Crippen molar-refractivity contribution in [2.24, 2.45) is 0 Å². The lowest BCUT2D eigenvalue weighted by molar-refractivity contribution is -0.384. The van der Waals surface area contributed by atoms with E-state index in [1.54, 1.807) is 18.3 Å². The van der Waals surface area contributed by atoms with Crippen molar-refractivity contribution in [1.29, 1.82) is 0 Å². The van der Waals surface area contributed by atoms with Crippen molar-refractivity contribution in [3.63, 3.8) is 0 Å². The fraction of sp³-hybridized carbons (Fsp3) is 0.308. The summed E-state index contributed by atoms with van der Waals surface area (Å²) in [4.78, 5) is 10.6. The molecule has 19 heavy (non-hydrogen) atoms. The molecule has 0 radical (unpaired) electrons. The average Bonchev–Trinajstić information content (AvgIpc) is 2.77. The molecule has 0 saturated heterocycles. The van der Waals surface area contributed by atoms with Gasteiger partial charge in [-0.25, -0.2) is 0 Å². The third kappa shape index (κ3) is 3.31. The minimum Gasteiger partial charge on any atom is -0.378 e. The highest BCUT2D eigenvalue weighted by atomic mass is 16.6. The zero-order chi connectivity index (χ0) is 13.8. The predicted molar refractivity (Wildman–Crippen MR) is 73.3 cm³/mol. The maximum Gasteiger partial charge on any atom is 0.292 e. The normalized spacial score (nSPS) is 10.4. The van der Waals surface area contributed by atoms with Gasteiger partial charge in [0.05, 0.1) is 17.7 Å². The first-order valence-corrected chi connectivity index (χ1v) is 6.04. The molecule has 1 heterocycles. The van der Waals surface area contributed by atoms with Gasteiger partial charge in [-0.2, -0.15) is 5.10 Å². The van der Waals surface area contributed by atoms with E-state index in [1.165, 1.54) is 0 Å². The summed E-state index contributed by atoms with van der Waals surface area (Å²) < 4.78 is 1.81. The lowest BCUT2D eigenvalue weighted by Gasteiger charge is -2.07. The van der Waals surface area contributed by atoms with Gasteiger partial charge >= 0.3 is 0 Å². The fourth-order valence-electron chi connectivity index (χ4n) is 1.84. The van der Waals surface area contributed by atoms with Crippen molar-refractivity contribution >= 4 is 11.4 Å². The summed E-state index contributed by atoms with van der Waals surface area (Å²) in [6.45, 7) is 5.06. The highest BCUT2D eigenvalue weighted by Crippen LogP contribution is 2.24. The molecule has 0 aliphatic rings. The van der Waals surface area contributed by atoms with Crippen molar-refractivity contribution in [2.75, 3.05) is 11.9 Å². The number of nitrogens with zero attached hydrogens (tertiary/aromatic N) is 3. The molecule has 1 aromatic carbocycles. The number of aryl methyl sites for hydroxylation is 2. The van der Waals surface area contributed by atoms with Crippen LogP contribution >= 0.6 is 0 Å². The summed E-state index contributed by atoms with van der Waals surface area (Å²) in [6.07, 6.45) is 3.72. The highest BCUT2D eigenvalue weighted by molar-refractivity contribution is 5.62. The van der Waals surface area contributed by atoms with Gasteiger partial charge < -0.3 is 5.32 Å². The number of nitro benzene ring substituents is 1. The summed E-state index contributed by atoms with van der Waals surface area (Å²) >= 11 is 0. The van der Waals surface area contributed by atoms with Gasteiger partial charge in [0.2, 0.25) is 0 Å². The van der Waals surface area contributed by atoms with Crippen LogP contribution in [0.1, 0.15) is 11.1 Å². The summed E-state index contributed by atoms with van der Waals surface area (Å²) in [6, 6.07) is 5.16. The van der Waals surface area contributed by atoms with Crippen molar-refractivity contribution in [3.05, 3.63) is 51.8 Å². The quantitative estimate of drug-likeness (QED) is 0.662. The number of nitrogens with one attached hydrogen (secondary N) is 1. The maximum absolute atomic E-state index is 11.0. The predicted octanol–water partition coefficient (Wildman–Crippen LogP) is 2.52. The van der Waals surface area contributed by atoms with E-state index in [9.17, 15) is 10.1 Å². The van der Waals surface area contributed by atoms with Crippen molar-refractivity contribution in [2.45, 2.75) is 20.4 Å². The second-order valence-corrected chi connectivity index (χ2v) is 4.49. The molecule has 2 rings (SSSR count). The molecule has 100 valence electrons. The SMILES string of the molecule is Cc1ccc(NCCn2cc(C)cn2)c([N+](=O)[O-])c1. The number of aromatic nitrogens is 2. The van der Waals surface area contributed by atoms with Crippen molar-refractivity contribution in [1.82, 2.24) is 9.78 Å². The fourth-order valence-corrected chi connectivity index (χ4v) is 1.84. The van der Waals surface area contributed by atoms with Gasteiger partial charge in [0, 0.05) is 18.8 Å². The number of anilines is 1. The second-order valence-electron chi connectivity index (χ2n) is 4.49. The van der Waals surface area contributed by atoms with Gasteiger partial charge in [-0.3, -0.25) is 14.8 Å². The van der Waals surface area contributed by atoms with E-state index in [1.807, 2.05) is 30.8 Å². The molecule has 6 nitrogen and oxygen atoms in total. The third-order valence-corrected chi connectivity index (χ3v) is 2.77. The zero-order valence-corrected chi connectivity index (χ0v) is 11.0. The minimum atomic E-state index is -0.368. The first-order valence-electron chi connectivity index (χ1n) is 6.04. The molecular weight excluding hydrogens is 244 g/mol. The molecule has 1 aromatic heterocycles. The van der Waals surface area contributed by atoms with Gasteiger partial charge in [0.15, 0.2) is 0 Å². The summed E-state index contributed by atoms with van der Waals surface area (Å²) in [7, 11) is 0. The summed E-state index contributed by atoms with van der Waals surface area (Å²) in [5, 5.41) is 18.2. The van der Waals surface area contributed by atoms with Crippen LogP contribution in [-0.4, -0.2) is 21.2 Å². The Hall–Kier alpha value is -2.37. The molecule has 0 unspecified atom stereocenters. The van der Waals surface area contributed by atoms with Crippen molar-refractivity contribution in [3.8, 4) is 0 Å². The Labute approximate surface area is 111 Å². The Balaban J connectivity index is 2.01. The van der Waals surface area contributed by atoms with E-state index in [4.69, 9.17) is 0 Å². The van der Waals surface area contributed by atoms with Crippen LogP contribution in [-0.2, 0) is 6.54 Å². The number of hydrogen-bond acceptors (Lipinski definition) is 4. The maximum atomic E-state index is 11.0. The van der Waals surface area contributed by atoms with Crippen LogP contribution in [0.3, 0.4) is 0 Å². The molecule has 0 spiro atoms. The lowest BCUT2D eigenvalue weighted by Crippen LogP contribution is -2.11. The molecule has 2 aromatic rings. The van der Waals surface area contributed by atoms with Gasteiger partial charge in [-0.15, -0.1) is 0 Å². The second kappa shape index (κ2) is 5.51. The summed E-state index contributed by atoms with van der Waals surface area (Å²) in [5.41, 5.74) is 2.62. The Morgan fingerprint density at radius 2 is 2.16 bits per heavy atom. The first-order chi connectivity index (χ1) is 9.06. The molecule has 6 heteroatoms. The highest BCUT2D eigenvalue weighted by Gasteiger charge is 2.12. The Bertz CT molecular complexity index is 592. The number of nitro groups is 1. The van der Waals surface area contributed by atoms with E-state index in [-0.39, 0.29) is 10.6 Å². The molecule has 0 bridgehead atoms. The van der Waals surface area contributed by atoms with Crippen LogP contribution in [0, 0.1) is 24.0 Å². The monoisotopic (exact) mass is 260 g/mol. The van der Waals surface area contributed by atoms with Crippen LogP contribution in [0.5, 0.6) is 0 Å². The van der Waals surface area contributed by atoms with Gasteiger partial charge in [0.25, 0.3) is 5.69 Å². The Morgan fingerprint density at radius 3 is 2.79 bits per heavy atom. The van der Waals surface area contributed by atoms with Crippen LogP contribution in [0.25, 0.3) is 0 Å². The average molecular weight is 260 g/mol. The van der Waals surface area contributed by atoms with E-state index >= 15 is 0 Å². The van der Waals surface area contributed by atoms with E-state index in [2.05, 4.69) is 10.4 Å². The molecule has 0 saturated carbocycles. The smallest absolute Gasteiger partial charge is 0.292 e. The van der Waals surface area contributed by atoms with Gasteiger partial charge in [-0.1, -0.05) is 6.07 Å². The minimum absolute atomic E-state index is 0.108. The van der Waals surface area contributed by atoms with E-state index in [0.29, 0.717) is 18.8 Å². The van der Waals surface area contributed by atoms with Gasteiger partial charge in [-0.05, 0) is 31.0 Å². The first kappa shape index (κ1) is 13.1. The number of rotatable bonds is 5. The van der Waals surface area contributed by atoms with E-state index < -0.39 is 0 Å². The van der Waals surface area contributed by atoms with Crippen LogP contribution in [0.4, 0.5) is 11.4 Å². The number of benzene rings is 1. The molecule has 0 aliphatic heterocycles. The van der Waals surface area contributed by atoms with E-state index in [0.717, 1.165) is 11.1 Å². The molecule has 0 atom stereocenters. The van der Waals surface area contributed by atoms with Crippen LogP contribution < -0.4 is 5.32 Å². The topological polar surface area (TPSA) is 73.0 Å².